The van der Waals surface area contributed by atoms with Gasteiger partial charge in [-0.25, -0.2) is 0 Å². The van der Waals surface area contributed by atoms with Crippen molar-refractivity contribution in [3.05, 3.63) is 72.3 Å². The molecule has 4 aromatic rings. The number of fused-ring (bicyclic) bond motifs is 3. The Labute approximate surface area is 219 Å². The van der Waals surface area contributed by atoms with Crippen LogP contribution in [0.2, 0.25) is 0 Å². The number of β-amino-alcohol motifs (C(OH)–C–C–N with tert-alkyl or cyclic N) is 1. The van der Waals surface area contributed by atoms with Crippen LogP contribution in [-0.2, 0) is 6.42 Å². The zero-order chi connectivity index (χ0) is 26.1. The third kappa shape index (κ3) is 7.48. The molecule has 4 rings (SSSR count). The van der Waals surface area contributed by atoms with Crippen molar-refractivity contribution in [2.75, 3.05) is 19.8 Å². The van der Waals surface area contributed by atoms with Crippen LogP contribution < -0.4 is 14.8 Å². The average Bonchev–Trinajstić information content (AvgIpc) is 3.28. The maximum Gasteiger partial charge on any atom is 0.129 e. The molecule has 37 heavy (non-hydrogen) atoms. The number of ether oxygens (including phenoxy) is 2. The van der Waals surface area contributed by atoms with Gasteiger partial charge in [0.15, 0.2) is 0 Å². The Hall–Kier alpha value is -3.53. The number of rotatable bonds is 14. The van der Waals surface area contributed by atoms with Gasteiger partial charge in [-0.05, 0) is 75.4 Å². The molecule has 1 aromatic heterocycles. The Morgan fingerprint density at radius 2 is 1.73 bits per heavy atom. The maximum atomic E-state index is 10.6. The van der Waals surface area contributed by atoms with Crippen LogP contribution in [0.3, 0.4) is 0 Å². The molecule has 0 saturated heterocycles. The molecule has 0 amide bonds. The number of nitriles is 1. The monoisotopic (exact) mass is 499 g/mol. The molecule has 0 saturated carbocycles. The summed E-state index contributed by atoms with van der Waals surface area (Å²) in [7, 11) is 0. The minimum Gasteiger partial charge on any atom is -0.494 e. The molecule has 6 heteroatoms. The summed E-state index contributed by atoms with van der Waals surface area (Å²) in [5.41, 5.74) is 3.11. The molecule has 6 nitrogen and oxygen atoms in total. The van der Waals surface area contributed by atoms with E-state index in [1.165, 1.54) is 5.56 Å². The van der Waals surface area contributed by atoms with Crippen molar-refractivity contribution in [2.45, 2.75) is 57.6 Å². The number of unbranched alkanes of at least 4 members (excludes halogenated alkanes) is 3. The highest BCUT2D eigenvalue weighted by Gasteiger charge is 2.20. The lowest BCUT2D eigenvalue weighted by Crippen LogP contribution is -2.46. The molecule has 0 bridgehead atoms. The van der Waals surface area contributed by atoms with Gasteiger partial charge in [0.1, 0.15) is 24.2 Å². The standard InChI is InChI=1S/C31H37N3O3/c1-31(2,20-23-14-16-25(17-15-23)36-19-8-4-3-7-18-32)33-21-24(35)22-37-29-13-9-12-28-30(29)26-10-5-6-11-27(26)34-28/h5-6,9-17,24,33-35H,3-4,7-8,19-22H2,1-2H3/t24-/m0/s1. The number of aromatic amines is 1. The molecule has 3 aromatic carbocycles. The Balaban J connectivity index is 1.23. The molecular weight excluding hydrogens is 462 g/mol. The van der Waals surface area contributed by atoms with Gasteiger partial charge in [0, 0.05) is 34.8 Å². The molecular formula is C31H37N3O3. The summed E-state index contributed by atoms with van der Waals surface area (Å²) in [4.78, 5) is 3.42. The minimum absolute atomic E-state index is 0.194. The number of aromatic nitrogens is 1. The average molecular weight is 500 g/mol. The second-order valence-electron chi connectivity index (χ2n) is 10.2. The van der Waals surface area contributed by atoms with Gasteiger partial charge in [0.25, 0.3) is 0 Å². The molecule has 0 aliphatic carbocycles. The van der Waals surface area contributed by atoms with Crippen LogP contribution in [0, 0.1) is 11.3 Å². The first-order valence-corrected chi connectivity index (χ1v) is 13.1. The highest BCUT2D eigenvalue weighted by Crippen LogP contribution is 2.33. The fraction of sp³-hybridized carbons (Fsp3) is 0.387. The molecule has 1 heterocycles. The number of nitrogens with zero attached hydrogens (tertiary/aromatic N) is 1. The van der Waals surface area contributed by atoms with E-state index in [0.29, 0.717) is 19.6 Å². The number of H-pyrrole nitrogens is 1. The van der Waals surface area contributed by atoms with E-state index >= 15 is 0 Å². The van der Waals surface area contributed by atoms with Crippen LogP contribution in [0.5, 0.6) is 11.5 Å². The lowest BCUT2D eigenvalue weighted by Gasteiger charge is -2.28. The predicted octanol–water partition coefficient (Wildman–Crippen LogP) is 6.13. The van der Waals surface area contributed by atoms with Crippen molar-refractivity contribution in [3.63, 3.8) is 0 Å². The van der Waals surface area contributed by atoms with Gasteiger partial charge >= 0.3 is 0 Å². The summed E-state index contributed by atoms with van der Waals surface area (Å²) in [6.45, 7) is 5.60. The largest absolute Gasteiger partial charge is 0.494 e. The van der Waals surface area contributed by atoms with E-state index in [4.69, 9.17) is 14.7 Å². The summed E-state index contributed by atoms with van der Waals surface area (Å²) in [5, 5.41) is 24.9. The summed E-state index contributed by atoms with van der Waals surface area (Å²) in [6.07, 6.45) is 3.71. The molecule has 0 unspecified atom stereocenters. The van der Waals surface area contributed by atoms with Gasteiger partial charge < -0.3 is 24.9 Å². The van der Waals surface area contributed by atoms with Crippen molar-refractivity contribution >= 4 is 21.8 Å². The fourth-order valence-corrected chi connectivity index (χ4v) is 4.58. The van der Waals surface area contributed by atoms with E-state index in [2.05, 4.69) is 54.5 Å². The van der Waals surface area contributed by atoms with Crippen molar-refractivity contribution in [1.82, 2.24) is 10.3 Å². The van der Waals surface area contributed by atoms with E-state index in [-0.39, 0.29) is 12.1 Å². The smallest absolute Gasteiger partial charge is 0.129 e. The topological polar surface area (TPSA) is 90.3 Å². The first-order valence-electron chi connectivity index (χ1n) is 13.1. The van der Waals surface area contributed by atoms with Crippen molar-refractivity contribution in [1.29, 1.82) is 5.26 Å². The van der Waals surface area contributed by atoms with Gasteiger partial charge in [0.05, 0.1) is 18.2 Å². The lowest BCUT2D eigenvalue weighted by molar-refractivity contribution is 0.0996. The van der Waals surface area contributed by atoms with Crippen LogP contribution in [-0.4, -0.2) is 41.5 Å². The number of benzene rings is 3. The van der Waals surface area contributed by atoms with Gasteiger partial charge in [-0.15, -0.1) is 0 Å². The number of para-hydroxylation sites is 1. The maximum absolute atomic E-state index is 10.6. The Morgan fingerprint density at radius 1 is 0.946 bits per heavy atom. The van der Waals surface area contributed by atoms with Crippen molar-refractivity contribution in [3.8, 4) is 17.6 Å². The number of nitrogens with one attached hydrogen (secondary N) is 2. The van der Waals surface area contributed by atoms with Gasteiger partial charge in [-0.3, -0.25) is 0 Å². The summed E-state index contributed by atoms with van der Waals surface area (Å²) >= 11 is 0. The molecule has 0 fully saturated rings. The molecule has 1 atom stereocenters. The van der Waals surface area contributed by atoms with E-state index in [9.17, 15) is 5.11 Å². The van der Waals surface area contributed by atoms with Crippen LogP contribution in [0.15, 0.2) is 66.7 Å². The van der Waals surface area contributed by atoms with Crippen LogP contribution in [0.4, 0.5) is 0 Å². The summed E-state index contributed by atoms with van der Waals surface area (Å²) < 4.78 is 11.9. The Kier molecular flexibility index (Phi) is 9.05. The molecule has 0 aliphatic heterocycles. The predicted molar refractivity (Wildman–Crippen MR) is 149 cm³/mol. The number of hydrogen-bond acceptors (Lipinski definition) is 5. The van der Waals surface area contributed by atoms with E-state index in [1.54, 1.807) is 0 Å². The molecule has 3 N–H and O–H groups in total. The van der Waals surface area contributed by atoms with Crippen LogP contribution in [0.25, 0.3) is 21.8 Å². The second kappa shape index (κ2) is 12.6. The summed E-state index contributed by atoms with van der Waals surface area (Å²) in [5.74, 6) is 1.64. The molecule has 194 valence electrons. The number of aliphatic hydroxyl groups excluding tert-OH is 1. The quantitative estimate of drug-likeness (QED) is 0.182. The second-order valence-corrected chi connectivity index (χ2v) is 10.2. The van der Waals surface area contributed by atoms with Crippen molar-refractivity contribution in [2.24, 2.45) is 0 Å². The fourth-order valence-electron chi connectivity index (χ4n) is 4.58. The third-order valence-electron chi connectivity index (χ3n) is 6.51. The Morgan fingerprint density at radius 3 is 2.54 bits per heavy atom. The molecule has 0 spiro atoms. The number of hydrogen-bond donors (Lipinski definition) is 3. The van der Waals surface area contributed by atoms with Gasteiger partial charge in [0.2, 0.25) is 0 Å². The zero-order valence-electron chi connectivity index (χ0n) is 21.8. The minimum atomic E-state index is -0.635. The normalized spacial score (nSPS) is 12.5. The zero-order valence-corrected chi connectivity index (χ0v) is 21.8. The van der Waals surface area contributed by atoms with Gasteiger partial charge in [-0.2, -0.15) is 5.26 Å². The summed E-state index contributed by atoms with van der Waals surface area (Å²) in [6, 6.07) is 24.5. The molecule has 0 aliphatic rings. The van der Waals surface area contributed by atoms with Crippen LogP contribution >= 0.6 is 0 Å². The van der Waals surface area contributed by atoms with Crippen LogP contribution in [0.1, 0.15) is 45.1 Å². The molecule has 0 radical (unpaired) electrons. The number of aliphatic hydroxyl groups is 1. The van der Waals surface area contributed by atoms with Gasteiger partial charge in [-0.1, -0.05) is 36.4 Å². The highest BCUT2D eigenvalue weighted by atomic mass is 16.5. The lowest BCUT2D eigenvalue weighted by atomic mass is 9.94. The Bertz CT molecular complexity index is 1320. The van der Waals surface area contributed by atoms with Crippen molar-refractivity contribution < 1.29 is 14.6 Å². The van der Waals surface area contributed by atoms with E-state index in [1.807, 2.05) is 42.5 Å². The first-order chi connectivity index (χ1) is 17.9. The highest BCUT2D eigenvalue weighted by molar-refractivity contribution is 6.10. The van der Waals surface area contributed by atoms with E-state index < -0.39 is 6.10 Å². The first kappa shape index (κ1) is 26.5. The van der Waals surface area contributed by atoms with E-state index in [0.717, 1.165) is 59.0 Å². The third-order valence-corrected chi connectivity index (χ3v) is 6.51. The SMILES string of the molecule is CC(C)(Cc1ccc(OCCCCCC#N)cc1)NC[C@H](O)COc1cccc2[nH]c3ccccc3c12.